The number of amides is 1. The Morgan fingerprint density at radius 1 is 1.04 bits per heavy atom. The molecule has 0 saturated heterocycles. The van der Waals surface area contributed by atoms with Gasteiger partial charge in [0, 0.05) is 17.3 Å². The zero-order valence-electron chi connectivity index (χ0n) is 14.2. The molecule has 0 atom stereocenters. The molecule has 2 aromatic carbocycles. The summed E-state index contributed by atoms with van der Waals surface area (Å²) in [5.41, 5.74) is 2.82. The number of anilines is 2. The van der Waals surface area contributed by atoms with Crippen LogP contribution in [0.1, 0.15) is 16.1 Å². The molecular weight excluding hydrogens is 366 g/mol. The molecule has 7 heteroatoms. The molecule has 1 amide bonds. The largest absolute Gasteiger partial charge is 0.454 e. The molecule has 2 heterocycles. The molecule has 4 rings (SSSR count). The highest BCUT2D eigenvalue weighted by Gasteiger charge is 2.13. The van der Waals surface area contributed by atoms with Crippen molar-refractivity contribution in [2.75, 3.05) is 17.4 Å². The molecule has 2 N–H and O–H groups in total. The normalized spacial score (nSPS) is 11.9. The Morgan fingerprint density at radius 2 is 1.93 bits per heavy atom. The average Bonchev–Trinajstić information content (AvgIpc) is 3.14. The number of hydrogen-bond acceptors (Lipinski definition) is 5. The number of ether oxygens (including phenoxy) is 2. The Balaban J connectivity index is 1.36. The van der Waals surface area contributed by atoms with Crippen LogP contribution in [0.4, 0.5) is 11.4 Å². The van der Waals surface area contributed by atoms with Crippen LogP contribution in [0.2, 0.25) is 5.02 Å². The SMILES string of the molecule is O=C(Nc1cccc(Cl)c1)c1ccc(NCc2ccc3c(c2)OCO3)cn1. The Kier molecular flexibility index (Phi) is 4.80. The molecule has 0 saturated carbocycles. The third-order valence-corrected chi connectivity index (χ3v) is 4.25. The second kappa shape index (κ2) is 7.55. The number of carbonyl (C=O) groups is 1. The maximum Gasteiger partial charge on any atom is 0.274 e. The van der Waals surface area contributed by atoms with Gasteiger partial charge in [-0.1, -0.05) is 23.7 Å². The Labute approximate surface area is 161 Å². The van der Waals surface area contributed by atoms with E-state index in [1.807, 2.05) is 24.3 Å². The summed E-state index contributed by atoms with van der Waals surface area (Å²) in [7, 11) is 0. The van der Waals surface area contributed by atoms with Crippen molar-refractivity contribution in [1.29, 1.82) is 0 Å². The fourth-order valence-electron chi connectivity index (χ4n) is 2.65. The smallest absolute Gasteiger partial charge is 0.274 e. The lowest BCUT2D eigenvalue weighted by Crippen LogP contribution is -2.13. The molecule has 0 fully saturated rings. The van der Waals surface area contributed by atoms with E-state index in [0.29, 0.717) is 22.9 Å². The third-order valence-electron chi connectivity index (χ3n) is 4.01. The van der Waals surface area contributed by atoms with E-state index >= 15 is 0 Å². The summed E-state index contributed by atoms with van der Waals surface area (Å²) in [6, 6.07) is 16.3. The number of hydrogen-bond donors (Lipinski definition) is 2. The fourth-order valence-corrected chi connectivity index (χ4v) is 2.84. The van der Waals surface area contributed by atoms with Crippen LogP contribution < -0.4 is 20.1 Å². The zero-order chi connectivity index (χ0) is 18.6. The van der Waals surface area contributed by atoms with Gasteiger partial charge in [-0.2, -0.15) is 0 Å². The molecule has 1 aliphatic heterocycles. The number of halogens is 1. The van der Waals surface area contributed by atoms with Gasteiger partial charge >= 0.3 is 0 Å². The van der Waals surface area contributed by atoms with E-state index in [0.717, 1.165) is 22.7 Å². The van der Waals surface area contributed by atoms with E-state index in [4.69, 9.17) is 21.1 Å². The summed E-state index contributed by atoms with van der Waals surface area (Å²) >= 11 is 5.92. The molecule has 0 spiro atoms. The second-order valence-electron chi connectivity index (χ2n) is 5.94. The molecule has 0 unspecified atom stereocenters. The molecule has 27 heavy (non-hydrogen) atoms. The molecule has 0 aliphatic carbocycles. The molecule has 136 valence electrons. The van der Waals surface area contributed by atoms with E-state index in [-0.39, 0.29) is 12.7 Å². The maximum absolute atomic E-state index is 12.3. The van der Waals surface area contributed by atoms with Crippen LogP contribution in [-0.2, 0) is 6.54 Å². The monoisotopic (exact) mass is 381 g/mol. The fraction of sp³-hybridized carbons (Fsp3) is 0.100. The van der Waals surface area contributed by atoms with Gasteiger partial charge in [-0.25, -0.2) is 4.98 Å². The minimum Gasteiger partial charge on any atom is -0.454 e. The Hall–Kier alpha value is -3.25. The lowest BCUT2D eigenvalue weighted by Gasteiger charge is -2.08. The van der Waals surface area contributed by atoms with E-state index in [1.54, 1.807) is 36.5 Å². The topological polar surface area (TPSA) is 72.5 Å². The Bertz CT molecular complexity index is 976. The predicted octanol–water partition coefficient (Wildman–Crippen LogP) is 4.33. The Morgan fingerprint density at radius 3 is 2.74 bits per heavy atom. The van der Waals surface area contributed by atoms with E-state index in [9.17, 15) is 4.79 Å². The van der Waals surface area contributed by atoms with Crippen molar-refractivity contribution in [3.8, 4) is 11.5 Å². The minimum absolute atomic E-state index is 0.259. The van der Waals surface area contributed by atoms with Gasteiger partial charge in [0.15, 0.2) is 11.5 Å². The van der Waals surface area contributed by atoms with Crippen molar-refractivity contribution in [2.45, 2.75) is 6.54 Å². The van der Waals surface area contributed by atoms with Crippen LogP contribution in [0.3, 0.4) is 0 Å². The molecule has 0 bridgehead atoms. The first-order valence-electron chi connectivity index (χ1n) is 8.33. The highest BCUT2D eigenvalue weighted by molar-refractivity contribution is 6.30. The van der Waals surface area contributed by atoms with Crippen LogP contribution in [0, 0.1) is 0 Å². The lowest BCUT2D eigenvalue weighted by atomic mass is 10.2. The number of nitrogens with one attached hydrogen (secondary N) is 2. The van der Waals surface area contributed by atoms with E-state index in [1.165, 1.54) is 0 Å². The summed E-state index contributed by atoms with van der Waals surface area (Å²) in [5.74, 6) is 1.22. The minimum atomic E-state index is -0.292. The first-order chi connectivity index (χ1) is 13.2. The van der Waals surface area contributed by atoms with Crippen molar-refractivity contribution < 1.29 is 14.3 Å². The first kappa shape index (κ1) is 17.2. The number of rotatable bonds is 5. The van der Waals surface area contributed by atoms with E-state index in [2.05, 4.69) is 15.6 Å². The van der Waals surface area contributed by atoms with Gasteiger partial charge in [0.25, 0.3) is 5.91 Å². The third kappa shape index (κ3) is 4.12. The molecule has 6 nitrogen and oxygen atoms in total. The van der Waals surface area contributed by atoms with Crippen LogP contribution in [0.25, 0.3) is 0 Å². The van der Waals surface area contributed by atoms with Crippen LogP contribution in [0.15, 0.2) is 60.8 Å². The van der Waals surface area contributed by atoms with Crippen molar-refractivity contribution >= 4 is 28.9 Å². The summed E-state index contributed by atoms with van der Waals surface area (Å²) in [4.78, 5) is 16.5. The molecule has 1 aromatic heterocycles. The van der Waals surface area contributed by atoms with Gasteiger partial charge < -0.3 is 20.1 Å². The maximum atomic E-state index is 12.3. The van der Waals surface area contributed by atoms with Gasteiger partial charge in [0.05, 0.1) is 11.9 Å². The highest BCUT2D eigenvalue weighted by Crippen LogP contribution is 2.32. The number of fused-ring (bicyclic) bond motifs is 1. The summed E-state index contributed by atoms with van der Waals surface area (Å²) in [6.07, 6.45) is 1.62. The highest BCUT2D eigenvalue weighted by atomic mass is 35.5. The molecule has 3 aromatic rings. The number of pyridine rings is 1. The standard InChI is InChI=1S/C20H16ClN3O3/c21-14-2-1-3-15(9-14)24-20(25)17-6-5-16(11-23-17)22-10-13-4-7-18-19(8-13)27-12-26-18/h1-9,11,22H,10,12H2,(H,24,25). The second-order valence-corrected chi connectivity index (χ2v) is 6.37. The van der Waals surface area contributed by atoms with Gasteiger partial charge in [-0.05, 0) is 48.0 Å². The number of aromatic nitrogens is 1. The molecule has 1 aliphatic rings. The number of nitrogens with zero attached hydrogens (tertiary/aromatic N) is 1. The summed E-state index contributed by atoms with van der Waals surface area (Å²) in [5, 5.41) is 6.59. The van der Waals surface area contributed by atoms with Gasteiger partial charge in [-0.3, -0.25) is 4.79 Å². The molecule has 0 radical (unpaired) electrons. The quantitative estimate of drug-likeness (QED) is 0.688. The zero-order valence-corrected chi connectivity index (χ0v) is 15.0. The molecular formula is C20H16ClN3O3. The van der Waals surface area contributed by atoms with Crippen molar-refractivity contribution in [1.82, 2.24) is 4.98 Å². The van der Waals surface area contributed by atoms with Gasteiger partial charge in [0.2, 0.25) is 6.79 Å². The van der Waals surface area contributed by atoms with E-state index < -0.39 is 0 Å². The predicted molar refractivity (Wildman–Crippen MR) is 104 cm³/mol. The van der Waals surface area contributed by atoms with Crippen LogP contribution >= 0.6 is 11.6 Å². The van der Waals surface area contributed by atoms with Crippen molar-refractivity contribution in [2.24, 2.45) is 0 Å². The first-order valence-corrected chi connectivity index (χ1v) is 8.70. The lowest BCUT2D eigenvalue weighted by molar-refractivity contribution is 0.102. The number of benzene rings is 2. The summed E-state index contributed by atoms with van der Waals surface area (Å²) in [6.45, 7) is 0.862. The van der Waals surface area contributed by atoms with Crippen molar-refractivity contribution in [3.63, 3.8) is 0 Å². The van der Waals surface area contributed by atoms with Gasteiger partial charge in [-0.15, -0.1) is 0 Å². The van der Waals surface area contributed by atoms with Crippen LogP contribution in [0.5, 0.6) is 11.5 Å². The van der Waals surface area contributed by atoms with Gasteiger partial charge in [0.1, 0.15) is 5.69 Å². The van der Waals surface area contributed by atoms with Crippen molar-refractivity contribution in [3.05, 3.63) is 77.1 Å². The summed E-state index contributed by atoms with van der Waals surface area (Å²) < 4.78 is 10.7. The average molecular weight is 382 g/mol. The van der Waals surface area contributed by atoms with Crippen LogP contribution in [-0.4, -0.2) is 17.7 Å². The number of carbonyl (C=O) groups excluding carboxylic acids is 1.